The minimum Gasteiger partial charge on any atom is -0.400 e. The van der Waals surface area contributed by atoms with Crippen molar-refractivity contribution >= 4 is 33.5 Å². The first-order valence-electron chi connectivity index (χ1n) is 13.3. The second-order valence-electron chi connectivity index (χ2n) is 10.1. The molecule has 40 heavy (non-hydrogen) atoms. The summed E-state index contributed by atoms with van der Waals surface area (Å²) < 4.78 is 26.3. The van der Waals surface area contributed by atoms with Gasteiger partial charge in [-0.3, -0.25) is 0 Å². The summed E-state index contributed by atoms with van der Waals surface area (Å²) in [6.45, 7) is 2.19. The lowest BCUT2D eigenvalue weighted by Gasteiger charge is -2.37. The number of hydrazine groups is 1. The number of ether oxygens (including phenoxy) is 2. The molecule has 11 nitrogen and oxygen atoms in total. The Hall–Kier alpha value is -3.02. The van der Waals surface area contributed by atoms with Gasteiger partial charge in [0.1, 0.15) is 34.2 Å². The van der Waals surface area contributed by atoms with E-state index in [-0.39, 0.29) is 30.1 Å². The maximum Gasteiger partial charge on any atom is 0.160 e. The van der Waals surface area contributed by atoms with Crippen molar-refractivity contribution in [2.24, 2.45) is 11.6 Å². The predicted molar refractivity (Wildman–Crippen MR) is 155 cm³/mol. The zero-order valence-corrected chi connectivity index (χ0v) is 23.4. The molecule has 0 aliphatic carbocycles. The molecule has 2 aliphatic rings. The molecule has 216 valence electrons. The van der Waals surface area contributed by atoms with Crippen molar-refractivity contribution in [1.82, 2.24) is 9.73 Å². The average Bonchev–Trinajstić information content (AvgIpc) is 2.96. The van der Waals surface area contributed by atoms with Crippen LogP contribution in [-0.2, 0) is 20.5 Å². The molecule has 3 unspecified atom stereocenters. The van der Waals surface area contributed by atoms with E-state index in [1.54, 1.807) is 6.08 Å². The van der Waals surface area contributed by atoms with E-state index >= 15 is 0 Å². The van der Waals surface area contributed by atoms with Crippen LogP contribution in [0.5, 0.6) is 0 Å². The van der Waals surface area contributed by atoms with Gasteiger partial charge in [0.05, 0.1) is 12.6 Å². The Balaban J connectivity index is 1.34. The standard InChI is InChI=1S/C28H38N6O5S/c1-38-27-14-25(35)28(36)26(39-27)18-34(31)17-22(30)16-32-40(37)24(15-29)12-19-5-6-21-13-23(8-7-20(21)11-19)33-9-3-2-4-10-33/h5-8,11-13,17,25-28,32,35-36H,2-4,9-10,14,16,18,30-31H2,1H3/b22-17-,24-12+/t25?,26?,27-,28-,40?/m0/s1. The molecule has 0 radical (unpaired) electrons. The summed E-state index contributed by atoms with van der Waals surface area (Å²) in [5, 5.41) is 33.2. The van der Waals surface area contributed by atoms with Gasteiger partial charge in [-0.25, -0.2) is 14.8 Å². The first-order valence-corrected chi connectivity index (χ1v) is 14.5. The highest BCUT2D eigenvalue weighted by atomic mass is 32.2. The van der Waals surface area contributed by atoms with Crippen molar-refractivity contribution in [3.8, 4) is 6.07 Å². The molecule has 4 rings (SSSR count). The number of nitrogens with one attached hydrogen (secondary N) is 1. The van der Waals surface area contributed by atoms with E-state index in [9.17, 15) is 19.7 Å². The highest BCUT2D eigenvalue weighted by Gasteiger charge is 2.37. The van der Waals surface area contributed by atoms with Crippen molar-refractivity contribution in [2.75, 3.05) is 38.2 Å². The molecule has 0 aromatic heterocycles. The third kappa shape index (κ3) is 7.80. The van der Waals surface area contributed by atoms with Gasteiger partial charge < -0.3 is 35.3 Å². The normalized spacial score (nSPS) is 25.0. The van der Waals surface area contributed by atoms with Gasteiger partial charge >= 0.3 is 0 Å². The molecule has 0 spiro atoms. The number of methoxy groups -OCH3 is 1. The van der Waals surface area contributed by atoms with Crippen LogP contribution in [0.3, 0.4) is 0 Å². The number of aliphatic hydroxyl groups excluding tert-OH is 2. The lowest BCUT2D eigenvalue weighted by atomic mass is 10.0. The largest absolute Gasteiger partial charge is 0.400 e. The van der Waals surface area contributed by atoms with Gasteiger partial charge in [0.2, 0.25) is 0 Å². The second kappa shape index (κ2) is 14.0. The number of hydrogen-bond acceptors (Lipinski definition) is 10. The van der Waals surface area contributed by atoms with Crippen LogP contribution in [0.15, 0.2) is 53.2 Å². The maximum atomic E-state index is 12.8. The maximum absolute atomic E-state index is 12.8. The molecular formula is C28H38N6O5S. The number of hydrogen-bond donors (Lipinski definition) is 5. The molecule has 2 aromatic carbocycles. The van der Waals surface area contributed by atoms with E-state index < -0.39 is 35.6 Å². The minimum absolute atomic E-state index is 0.00622. The average molecular weight is 571 g/mol. The molecule has 12 heteroatoms. The summed E-state index contributed by atoms with van der Waals surface area (Å²) in [5.41, 5.74) is 8.26. The highest BCUT2D eigenvalue weighted by molar-refractivity contribution is 7.87. The van der Waals surface area contributed by atoms with Crippen molar-refractivity contribution in [2.45, 2.75) is 50.3 Å². The molecular weight excluding hydrogens is 532 g/mol. The Morgan fingerprint density at radius 1 is 1.25 bits per heavy atom. The number of benzene rings is 2. The highest BCUT2D eigenvalue weighted by Crippen LogP contribution is 2.26. The fourth-order valence-corrected chi connectivity index (χ4v) is 5.71. The third-order valence-corrected chi connectivity index (χ3v) is 8.12. The van der Waals surface area contributed by atoms with E-state index in [0.717, 1.165) is 29.4 Å². The molecule has 2 heterocycles. The van der Waals surface area contributed by atoms with E-state index in [1.807, 2.05) is 24.3 Å². The van der Waals surface area contributed by atoms with Gasteiger partial charge in [-0.2, -0.15) is 5.26 Å². The molecule has 0 saturated carbocycles. The fraction of sp³-hybridized carbons (Fsp3) is 0.464. The van der Waals surface area contributed by atoms with Gasteiger partial charge in [-0.15, -0.1) is 0 Å². The molecule has 5 atom stereocenters. The second-order valence-corrected chi connectivity index (χ2v) is 11.3. The van der Waals surface area contributed by atoms with Crippen LogP contribution in [0.1, 0.15) is 31.2 Å². The predicted octanol–water partition coefficient (Wildman–Crippen LogP) is 1.41. The zero-order valence-electron chi connectivity index (χ0n) is 22.6. The molecule has 2 aromatic rings. The van der Waals surface area contributed by atoms with Gasteiger partial charge in [0, 0.05) is 50.7 Å². The van der Waals surface area contributed by atoms with Crippen LogP contribution >= 0.6 is 0 Å². The van der Waals surface area contributed by atoms with E-state index in [2.05, 4.69) is 27.8 Å². The van der Waals surface area contributed by atoms with E-state index in [0.29, 0.717) is 0 Å². The Labute approximate surface area is 237 Å². The van der Waals surface area contributed by atoms with Crippen molar-refractivity contribution in [1.29, 1.82) is 5.26 Å². The Morgan fingerprint density at radius 2 is 1.98 bits per heavy atom. The van der Waals surface area contributed by atoms with Crippen LogP contribution in [0.25, 0.3) is 16.8 Å². The zero-order chi connectivity index (χ0) is 28.6. The number of nitriles is 1. The summed E-state index contributed by atoms with van der Waals surface area (Å²) in [7, 11) is -0.358. The fourth-order valence-electron chi connectivity index (χ4n) is 4.93. The molecule has 2 aliphatic heterocycles. The van der Waals surface area contributed by atoms with Crippen LogP contribution in [-0.4, -0.2) is 77.3 Å². The van der Waals surface area contributed by atoms with Gasteiger partial charge in [0.15, 0.2) is 6.29 Å². The number of aliphatic hydroxyl groups is 2. The monoisotopic (exact) mass is 570 g/mol. The number of rotatable bonds is 10. The molecule has 0 bridgehead atoms. The Morgan fingerprint density at radius 3 is 2.70 bits per heavy atom. The van der Waals surface area contributed by atoms with E-state index in [4.69, 9.17) is 21.1 Å². The number of piperidine rings is 1. The van der Waals surface area contributed by atoms with Crippen LogP contribution in [0, 0.1) is 11.3 Å². The van der Waals surface area contributed by atoms with Crippen molar-refractivity contribution in [3.63, 3.8) is 0 Å². The minimum atomic E-state index is -1.81. The summed E-state index contributed by atoms with van der Waals surface area (Å²) in [5.74, 6) is 5.98. The van der Waals surface area contributed by atoms with Crippen molar-refractivity contribution in [3.05, 3.63) is 58.8 Å². The summed E-state index contributed by atoms with van der Waals surface area (Å²) >= 11 is 0. The third-order valence-electron chi connectivity index (χ3n) is 7.11. The van der Waals surface area contributed by atoms with E-state index in [1.165, 1.54) is 43.3 Å². The number of fused-ring (bicyclic) bond motifs is 1. The number of nitrogens with two attached hydrogens (primary N) is 2. The Kier molecular flexibility index (Phi) is 10.5. The van der Waals surface area contributed by atoms with Gasteiger partial charge in [-0.1, -0.05) is 18.2 Å². The van der Waals surface area contributed by atoms with Gasteiger partial charge in [0.25, 0.3) is 0 Å². The number of anilines is 1. The lowest BCUT2D eigenvalue weighted by molar-refractivity contribution is -0.244. The first kappa shape index (κ1) is 30.0. The smallest absolute Gasteiger partial charge is 0.160 e. The van der Waals surface area contributed by atoms with Gasteiger partial charge in [-0.05, 0) is 59.9 Å². The SMILES string of the molecule is CO[C@@H]1CC(O)[C@H](O)C(CN(N)/C=C(\N)CNS(=O)/C(C#N)=C/c2ccc3cc(N4CCCCC4)ccc3c2)O1. The molecule has 2 saturated heterocycles. The summed E-state index contributed by atoms with van der Waals surface area (Å²) in [6.07, 6.45) is 3.29. The Bertz CT molecular complexity index is 1290. The number of allylic oxidation sites excluding steroid dienone is 1. The molecule has 2 fully saturated rings. The first-order chi connectivity index (χ1) is 19.3. The summed E-state index contributed by atoms with van der Waals surface area (Å²) in [4.78, 5) is 2.47. The van der Waals surface area contributed by atoms with Crippen molar-refractivity contribution < 1.29 is 23.9 Å². The van der Waals surface area contributed by atoms with Crippen LogP contribution < -0.4 is 21.2 Å². The molecule has 0 amide bonds. The lowest BCUT2D eigenvalue weighted by Crippen LogP contribution is -2.53. The quantitative estimate of drug-likeness (QED) is 0.160. The number of nitrogens with zero attached hydrogens (tertiary/aromatic N) is 3. The van der Waals surface area contributed by atoms with Crippen LogP contribution in [0.4, 0.5) is 5.69 Å². The van der Waals surface area contributed by atoms with Crippen LogP contribution in [0.2, 0.25) is 0 Å². The molecule has 7 N–H and O–H groups in total. The topological polar surface area (TPSA) is 170 Å². The summed E-state index contributed by atoms with van der Waals surface area (Å²) in [6, 6.07) is 14.3.